The molecule has 0 radical (unpaired) electrons. The fourth-order valence-corrected chi connectivity index (χ4v) is 1.91. The van der Waals surface area contributed by atoms with E-state index in [1.807, 2.05) is 19.0 Å². The molecular weight excluding hydrogens is 275 g/mol. The summed E-state index contributed by atoms with van der Waals surface area (Å²) in [6.45, 7) is 2.51. The van der Waals surface area contributed by atoms with Gasteiger partial charge in [-0.3, -0.25) is 4.79 Å². The molecule has 118 valence electrons. The number of likely N-dealkylation sites (N-methyl/N-ethyl adjacent to an activating group) is 1. The summed E-state index contributed by atoms with van der Waals surface area (Å²) in [6, 6.07) is 5.62. The van der Waals surface area contributed by atoms with Gasteiger partial charge in [0.25, 0.3) is 0 Å². The van der Waals surface area contributed by atoms with E-state index in [1.165, 1.54) is 24.3 Å². The van der Waals surface area contributed by atoms with Gasteiger partial charge in [-0.1, -0.05) is 0 Å². The summed E-state index contributed by atoms with van der Waals surface area (Å²) < 4.78 is 18.0. The Kier molecular flexibility index (Phi) is 6.58. The molecule has 1 atom stereocenters. The summed E-state index contributed by atoms with van der Waals surface area (Å²) in [7, 11) is 3.71. The van der Waals surface area contributed by atoms with Gasteiger partial charge in [0, 0.05) is 13.1 Å². The van der Waals surface area contributed by atoms with Crippen LogP contribution >= 0.6 is 0 Å². The first-order valence-corrected chi connectivity index (χ1v) is 6.81. The molecule has 0 saturated heterocycles. The Hall–Kier alpha value is -1.66. The van der Waals surface area contributed by atoms with Crippen LogP contribution < -0.4 is 10.1 Å². The van der Waals surface area contributed by atoms with Gasteiger partial charge in [-0.25, -0.2) is 4.39 Å². The fraction of sp³-hybridized carbons (Fsp3) is 0.533. The number of nitrogens with zero attached hydrogens (tertiary/aromatic N) is 1. The SMILES string of the molecule is CN(C)CC(C)(O)CNC(=O)CCOc1ccc(F)cc1. The Balaban J connectivity index is 2.23. The van der Waals surface area contributed by atoms with E-state index in [2.05, 4.69) is 5.32 Å². The van der Waals surface area contributed by atoms with E-state index in [9.17, 15) is 14.3 Å². The number of nitrogens with one attached hydrogen (secondary N) is 1. The largest absolute Gasteiger partial charge is 0.493 e. The summed E-state index contributed by atoms with van der Waals surface area (Å²) in [5.74, 6) is -0.0110. The van der Waals surface area contributed by atoms with Gasteiger partial charge in [0.05, 0.1) is 18.6 Å². The number of halogens is 1. The number of rotatable bonds is 8. The molecule has 1 aromatic rings. The van der Waals surface area contributed by atoms with E-state index >= 15 is 0 Å². The Labute approximate surface area is 124 Å². The van der Waals surface area contributed by atoms with Crippen molar-refractivity contribution < 1.29 is 19.0 Å². The first-order chi connectivity index (χ1) is 9.78. The van der Waals surface area contributed by atoms with Crippen LogP contribution in [0.15, 0.2) is 24.3 Å². The number of hydrogen-bond acceptors (Lipinski definition) is 4. The van der Waals surface area contributed by atoms with Gasteiger partial charge in [-0.05, 0) is 45.3 Å². The van der Waals surface area contributed by atoms with Crippen molar-refractivity contribution in [1.82, 2.24) is 10.2 Å². The molecular formula is C15H23FN2O3. The first-order valence-electron chi connectivity index (χ1n) is 6.81. The molecule has 5 nitrogen and oxygen atoms in total. The van der Waals surface area contributed by atoms with Crippen LogP contribution in [-0.2, 0) is 4.79 Å². The van der Waals surface area contributed by atoms with Crippen molar-refractivity contribution >= 4 is 5.91 Å². The van der Waals surface area contributed by atoms with Crippen molar-refractivity contribution in [3.63, 3.8) is 0 Å². The van der Waals surface area contributed by atoms with Crippen LogP contribution in [0.25, 0.3) is 0 Å². The van der Waals surface area contributed by atoms with Gasteiger partial charge in [0.1, 0.15) is 11.6 Å². The number of ether oxygens (including phenoxy) is 1. The third-order valence-electron chi connectivity index (χ3n) is 2.73. The van der Waals surface area contributed by atoms with Gasteiger partial charge >= 0.3 is 0 Å². The van der Waals surface area contributed by atoms with Crippen molar-refractivity contribution in [2.75, 3.05) is 33.8 Å². The molecule has 0 aliphatic rings. The van der Waals surface area contributed by atoms with Gasteiger partial charge < -0.3 is 20.1 Å². The number of carbonyl (C=O) groups excluding carboxylic acids is 1. The monoisotopic (exact) mass is 298 g/mol. The van der Waals surface area contributed by atoms with Crippen LogP contribution in [0.5, 0.6) is 5.75 Å². The van der Waals surface area contributed by atoms with Crippen LogP contribution in [0.3, 0.4) is 0 Å². The molecule has 6 heteroatoms. The Morgan fingerprint density at radius 3 is 2.57 bits per heavy atom. The lowest BCUT2D eigenvalue weighted by atomic mass is 10.1. The lowest BCUT2D eigenvalue weighted by molar-refractivity contribution is -0.122. The number of benzene rings is 1. The second-order valence-electron chi connectivity index (χ2n) is 5.56. The van der Waals surface area contributed by atoms with Crippen molar-refractivity contribution in [2.45, 2.75) is 18.9 Å². The highest BCUT2D eigenvalue weighted by Gasteiger charge is 2.21. The summed E-state index contributed by atoms with van der Waals surface area (Å²) in [5.41, 5.74) is -0.975. The van der Waals surface area contributed by atoms with Crippen LogP contribution in [0.1, 0.15) is 13.3 Å². The van der Waals surface area contributed by atoms with Crippen molar-refractivity contribution in [1.29, 1.82) is 0 Å². The molecule has 1 rings (SSSR count). The molecule has 1 unspecified atom stereocenters. The van der Waals surface area contributed by atoms with Crippen molar-refractivity contribution in [2.24, 2.45) is 0 Å². The lowest BCUT2D eigenvalue weighted by Crippen LogP contribution is -2.47. The van der Waals surface area contributed by atoms with Crippen molar-refractivity contribution in [3.05, 3.63) is 30.1 Å². The smallest absolute Gasteiger partial charge is 0.223 e. The first kappa shape index (κ1) is 17.4. The van der Waals surface area contributed by atoms with E-state index < -0.39 is 5.60 Å². The van der Waals surface area contributed by atoms with Gasteiger partial charge in [-0.2, -0.15) is 0 Å². The maximum absolute atomic E-state index is 12.7. The minimum atomic E-state index is -0.975. The zero-order chi connectivity index (χ0) is 15.9. The van der Waals surface area contributed by atoms with E-state index in [0.29, 0.717) is 12.3 Å². The molecule has 1 aromatic carbocycles. The second kappa shape index (κ2) is 7.95. The Morgan fingerprint density at radius 2 is 2.00 bits per heavy atom. The minimum Gasteiger partial charge on any atom is -0.493 e. The quantitative estimate of drug-likeness (QED) is 0.752. The average molecular weight is 298 g/mol. The Bertz CT molecular complexity index is 447. The van der Waals surface area contributed by atoms with Crippen LogP contribution in [0, 0.1) is 5.82 Å². The van der Waals surface area contributed by atoms with E-state index in [1.54, 1.807) is 6.92 Å². The van der Waals surface area contributed by atoms with Crippen LogP contribution in [-0.4, -0.2) is 55.3 Å². The molecule has 0 spiro atoms. The summed E-state index contributed by atoms with van der Waals surface area (Å²) in [6.07, 6.45) is 0.176. The molecule has 0 heterocycles. The molecule has 0 bridgehead atoms. The van der Waals surface area contributed by atoms with Gasteiger partial charge in [0.2, 0.25) is 5.91 Å². The molecule has 1 amide bonds. The number of amides is 1. The number of carbonyl (C=O) groups is 1. The highest BCUT2D eigenvalue weighted by molar-refractivity contribution is 5.76. The molecule has 0 aliphatic carbocycles. The van der Waals surface area contributed by atoms with E-state index in [4.69, 9.17) is 4.74 Å². The maximum atomic E-state index is 12.7. The molecule has 0 fully saturated rings. The average Bonchev–Trinajstić information content (AvgIpc) is 2.37. The van der Waals surface area contributed by atoms with Gasteiger partial charge in [0.15, 0.2) is 0 Å². The zero-order valence-corrected chi connectivity index (χ0v) is 12.7. The van der Waals surface area contributed by atoms with Crippen LogP contribution in [0.2, 0.25) is 0 Å². The van der Waals surface area contributed by atoms with E-state index in [0.717, 1.165) is 0 Å². The summed E-state index contributed by atoms with van der Waals surface area (Å²) in [4.78, 5) is 13.5. The predicted molar refractivity (Wildman–Crippen MR) is 78.7 cm³/mol. The minimum absolute atomic E-state index is 0.176. The third kappa shape index (κ3) is 7.63. The van der Waals surface area contributed by atoms with Crippen molar-refractivity contribution in [3.8, 4) is 5.75 Å². The number of aliphatic hydroxyl groups is 1. The normalized spacial score (nSPS) is 13.8. The van der Waals surface area contributed by atoms with E-state index in [-0.39, 0.29) is 31.3 Å². The highest BCUT2D eigenvalue weighted by atomic mass is 19.1. The molecule has 0 aromatic heterocycles. The standard InChI is InChI=1S/C15H23FN2O3/c1-15(20,11-18(2)3)10-17-14(19)8-9-21-13-6-4-12(16)5-7-13/h4-7,20H,8-11H2,1-3H3,(H,17,19). The zero-order valence-electron chi connectivity index (χ0n) is 12.7. The summed E-state index contributed by atoms with van der Waals surface area (Å²) in [5, 5.41) is 12.7. The van der Waals surface area contributed by atoms with Gasteiger partial charge in [-0.15, -0.1) is 0 Å². The second-order valence-corrected chi connectivity index (χ2v) is 5.56. The lowest BCUT2D eigenvalue weighted by Gasteiger charge is -2.27. The molecule has 21 heavy (non-hydrogen) atoms. The van der Waals surface area contributed by atoms with Crippen LogP contribution in [0.4, 0.5) is 4.39 Å². The third-order valence-corrected chi connectivity index (χ3v) is 2.73. The Morgan fingerprint density at radius 1 is 1.38 bits per heavy atom. The molecule has 2 N–H and O–H groups in total. The molecule has 0 saturated carbocycles. The highest BCUT2D eigenvalue weighted by Crippen LogP contribution is 2.11. The predicted octanol–water partition coefficient (Wildman–Crippen LogP) is 1.02. The fourth-order valence-electron chi connectivity index (χ4n) is 1.91. The topological polar surface area (TPSA) is 61.8 Å². The summed E-state index contributed by atoms with van der Waals surface area (Å²) >= 11 is 0. The maximum Gasteiger partial charge on any atom is 0.223 e. The molecule has 0 aliphatic heterocycles. The number of hydrogen-bond donors (Lipinski definition) is 2.